The summed E-state index contributed by atoms with van der Waals surface area (Å²) in [6.45, 7) is 4.36. The highest BCUT2D eigenvalue weighted by molar-refractivity contribution is 5.02. The van der Waals surface area contributed by atoms with Crippen molar-refractivity contribution in [1.29, 1.82) is 0 Å². The summed E-state index contributed by atoms with van der Waals surface area (Å²) in [7, 11) is 2.18. The van der Waals surface area contributed by atoms with Gasteiger partial charge in [-0.25, -0.2) is 0 Å². The Hall–Kier alpha value is -0.160. The lowest BCUT2D eigenvalue weighted by atomic mass is 9.93. The van der Waals surface area contributed by atoms with Gasteiger partial charge in [0.25, 0.3) is 0 Å². The molecule has 0 saturated carbocycles. The number of rotatable bonds is 1. The van der Waals surface area contributed by atoms with Crippen molar-refractivity contribution < 1.29 is 5.11 Å². The minimum Gasteiger partial charge on any atom is -0.390 e. The molecule has 2 N–H and O–H groups in total. The van der Waals surface area contributed by atoms with Gasteiger partial charge in [0.2, 0.25) is 0 Å². The molecule has 3 aliphatic heterocycles. The predicted molar refractivity (Wildman–Crippen MR) is 63.4 cm³/mol. The first-order valence-electron chi connectivity index (χ1n) is 6.62. The van der Waals surface area contributed by atoms with Crippen LogP contribution >= 0.6 is 0 Å². The van der Waals surface area contributed by atoms with Gasteiger partial charge in [-0.05, 0) is 26.3 Å². The number of hydrogen-bond donors (Lipinski definition) is 2. The minimum atomic E-state index is -0.137. The number of aliphatic hydroxyl groups excluding tert-OH is 1. The topological polar surface area (TPSA) is 38.7 Å². The molecule has 3 fully saturated rings. The lowest BCUT2D eigenvalue weighted by Crippen LogP contribution is -2.61. The van der Waals surface area contributed by atoms with Crippen LogP contribution in [0.25, 0.3) is 0 Å². The third kappa shape index (κ3) is 1.68. The summed E-state index contributed by atoms with van der Waals surface area (Å²) in [5.74, 6) is 0. The third-order valence-electron chi connectivity index (χ3n) is 4.82. The zero-order valence-electron chi connectivity index (χ0n) is 10.1. The predicted octanol–water partition coefficient (Wildman–Crippen LogP) is -0.512. The molecular formula is C12H23N3O. The number of likely N-dealkylation sites (N-methyl/N-ethyl adjacent to an activating group) is 1. The van der Waals surface area contributed by atoms with Gasteiger partial charge in [0.15, 0.2) is 0 Å². The van der Waals surface area contributed by atoms with Crippen LogP contribution in [0.5, 0.6) is 0 Å². The van der Waals surface area contributed by atoms with Crippen LogP contribution in [-0.2, 0) is 0 Å². The second kappa shape index (κ2) is 4.26. The van der Waals surface area contributed by atoms with E-state index in [1.54, 1.807) is 0 Å². The Morgan fingerprint density at radius 2 is 1.88 bits per heavy atom. The van der Waals surface area contributed by atoms with Gasteiger partial charge in [-0.3, -0.25) is 9.80 Å². The lowest BCUT2D eigenvalue weighted by molar-refractivity contribution is -0.0465. The molecule has 2 bridgehead atoms. The smallest absolute Gasteiger partial charge is 0.0850 e. The van der Waals surface area contributed by atoms with Crippen molar-refractivity contribution in [3.8, 4) is 0 Å². The van der Waals surface area contributed by atoms with E-state index in [0.717, 1.165) is 32.6 Å². The van der Waals surface area contributed by atoms with Crippen LogP contribution in [0.4, 0.5) is 0 Å². The van der Waals surface area contributed by atoms with Crippen molar-refractivity contribution in [1.82, 2.24) is 15.1 Å². The zero-order chi connectivity index (χ0) is 11.1. The summed E-state index contributed by atoms with van der Waals surface area (Å²) in [6.07, 6.45) is 3.49. The molecular weight excluding hydrogens is 202 g/mol. The van der Waals surface area contributed by atoms with Crippen LogP contribution in [0, 0.1) is 0 Å². The summed E-state index contributed by atoms with van der Waals surface area (Å²) < 4.78 is 0. The highest BCUT2D eigenvalue weighted by Crippen LogP contribution is 2.36. The highest BCUT2D eigenvalue weighted by atomic mass is 16.3. The van der Waals surface area contributed by atoms with Crippen LogP contribution in [0.3, 0.4) is 0 Å². The molecule has 0 aromatic carbocycles. The van der Waals surface area contributed by atoms with Gasteiger partial charge < -0.3 is 10.4 Å². The molecule has 0 aliphatic carbocycles. The SMILES string of the molecule is CN1C2CCC1C(O)C(N1CCNCC1)C2. The summed E-state index contributed by atoms with van der Waals surface area (Å²) in [4.78, 5) is 4.91. The second-order valence-electron chi connectivity index (χ2n) is 5.54. The van der Waals surface area contributed by atoms with Gasteiger partial charge in [-0.15, -0.1) is 0 Å². The number of nitrogens with one attached hydrogen (secondary N) is 1. The maximum absolute atomic E-state index is 10.5. The molecule has 16 heavy (non-hydrogen) atoms. The maximum atomic E-state index is 10.5. The molecule has 3 saturated heterocycles. The standard InChI is InChI=1S/C12H23N3O/c1-14-9-2-3-10(14)12(16)11(8-9)15-6-4-13-5-7-15/h9-13,16H,2-8H2,1H3. The fourth-order valence-electron chi connectivity index (χ4n) is 3.79. The zero-order valence-corrected chi connectivity index (χ0v) is 10.1. The van der Waals surface area contributed by atoms with E-state index in [1.165, 1.54) is 12.8 Å². The minimum absolute atomic E-state index is 0.137. The normalized spacial score (nSPS) is 46.1. The molecule has 0 spiro atoms. The van der Waals surface area contributed by atoms with E-state index in [-0.39, 0.29) is 6.10 Å². The Morgan fingerprint density at radius 1 is 1.12 bits per heavy atom. The van der Waals surface area contributed by atoms with Crippen molar-refractivity contribution in [3.05, 3.63) is 0 Å². The van der Waals surface area contributed by atoms with E-state index in [9.17, 15) is 5.11 Å². The van der Waals surface area contributed by atoms with Crippen molar-refractivity contribution in [2.45, 2.75) is 43.5 Å². The Morgan fingerprint density at radius 3 is 2.62 bits per heavy atom. The van der Waals surface area contributed by atoms with Gasteiger partial charge in [-0.1, -0.05) is 0 Å². The van der Waals surface area contributed by atoms with E-state index >= 15 is 0 Å². The first-order chi connectivity index (χ1) is 7.77. The average Bonchev–Trinajstić information content (AvgIpc) is 2.57. The van der Waals surface area contributed by atoms with E-state index < -0.39 is 0 Å². The third-order valence-corrected chi connectivity index (χ3v) is 4.82. The molecule has 4 heteroatoms. The van der Waals surface area contributed by atoms with Crippen molar-refractivity contribution in [2.75, 3.05) is 33.2 Å². The monoisotopic (exact) mass is 225 g/mol. The lowest BCUT2D eigenvalue weighted by Gasteiger charge is -2.46. The van der Waals surface area contributed by atoms with Crippen molar-refractivity contribution in [3.63, 3.8) is 0 Å². The number of aliphatic hydroxyl groups is 1. The Labute approximate surface area is 97.6 Å². The summed E-state index contributed by atoms with van der Waals surface area (Å²) >= 11 is 0. The second-order valence-corrected chi connectivity index (χ2v) is 5.54. The fourth-order valence-corrected chi connectivity index (χ4v) is 3.79. The van der Waals surface area contributed by atoms with Crippen LogP contribution in [0.2, 0.25) is 0 Å². The Balaban J connectivity index is 1.72. The number of piperazine rings is 1. The first kappa shape index (κ1) is 11.0. The molecule has 4 unspecified atom stereocenters. The van der Waals surface area contributed by atoms with E-state index in [1.807, 2.05) is 0 Å². The Bertz CT molecular complexity index is 255. The number of piperidine rings is 1. The van der Waals surface area contributed by atoms with Crippen LogP contribution in [0.1, 0.15) is 19.3 Å². The van der Waals surface area contributed by atoms with Crippen molar-refractivity contribution >= 4 is 0 Å². The molecule has 4 nitrogen and oxygen atoms in total. The molecule has 0 aromatic heterocycles. The molecule has 3 heterocycles. The van der Waals surface area contributed by atoms with Crippen molar-refractivity contribution in [2.24, 2.45) is 0 Å². The quantitative estimate of drug-likeness (QED) is 0.630. The van der Waals surface area contributed by atoms with Gasteiger partial charge in [0, 0.05) is 44.3 Å². The average molecular weight is 225 g/mol. The van der Waals surface area contributed by atoms with Crippen LogP contribution in [-0.4, -0.2) is 72.4 Å². The molecule has 92 valence electrons. The largest absolute Gasteiger partial charge is 0.390 e. The van der Waals surface area contributed by atoms with Gasteiger partial charge in [0.05, 0.1) is 6.10 Å². The van der Waals surface area contributed by atoms with E-state index in [0.29, 0.717) is 18.1 Å². The highest BCUT2D eigenvalue weighted by Gasteiger charge is 2.46. The molecule has 0 aromatic rings. The number of nitrogens with zero attached hydrogens (tertiary/aromatic N) is 2. The number of hydrogen-bond acceptors (Lipinski definition) is 4. The molecule has 0 radical (unpaired) electrons. The fraction of sp³-hybridized carbons (Fsp3) is 1.00. The molecule has 4 atom stereocenters. The van der Waals surface area contributed by atoms with Gasteiger partial charge in [0.1, 0.15) is 0 Å². The van der Waals surface area contributed by atoms with Crippen LogP contribution in [0.15, 0.2) is 0 Å². The molecule has 3 rings (SSSR count). The molecule has 3 aliphatic rings. The first-order valence-corrected chi connectivity index (χ1v) is 6.62. The number of fused-ring (bicyclic) bond motifs is 2. The Kier molecular flexibility index (Phi) is 2.92. The van der Waals surface area contributed by atoms with E-state index in [2.05, 4.69) is 22.2 Å². The summed E-state index contributed by atoms with van der Waals surface area (Å²) in [5, 5.41) is 13.9. The van der Waals surface area contributed by atoms with Gasteiger partial charge >= 0.3 is 0 Å². The summed E-state index contributed by atoms with van der Waals surface area (Å²) in [5.41, 5.74) is 0. The summed E-state index contributed by atoms with van der Waals surface area (Å²) in [6, 6.07) is 1.54. The maximum Gasteiger partial charge on any atom is 0.0850 e. The molecule has 0 amide bonds. The van der Waals surface area contributed by atoms with Crippen LogP contribution < -0.4 is 5.32 Å². The van der Waals surface area contributed by atoms with E-state index in [4.69, 9.17) is 0 Å². The van der Waals surface area contributed by atoms with Gasteiger partial charge in [-0.2, -0.15) is 0 Å².